The van der Waals surface area contributed by atoms with Gasteiger partial charge in [-0.25, -0.2) is 0 Å². The number of carbonyl (C=O) groups is 1. The number of carbonyl (C=O) groups excluding carboxylic acids is 1. The molecular formula is C26H27N3OS. The Kier molecular flexibility index (Phi) is 5.62. The number of rotatable bonds is 5. The quantitative estimate of drug-likeness (QED) is 0.499. The van der Waals surface area contributed by atoms with Crippen molar-refractivity contribution < 1.29 is 4.79 Å². The van der Waals surface area contributed by atoms with Crippen LogP contribution in [0.5, 0.6) is 0 Å². The van der Waals surface area contributed by atoms with Crippen LogP contribution >= 0.6 is 11.3 Å². The SMILES string of the molecule is Cc1cc2cc(C(=O)N3CCNCC3Cc3ccccc3)n(Cc3ccccc3)c2s1. The molecule has 0 saturated carbocycles. The summed E-state index contributed by atoms with van der Waals surface area (Å²) in [5.74, 6) is 0.138. The van der Waals surface area contributed by atoms with Crippen molar-refractivity contribution in [2.45, 2.75) is 25.9 Å². The number of hydrogen-bond acceptors (Lipinski definition) is 3. The molecule has 1 unspecified atom stereocenters. The molecule has 1 saturated heterocycles. The first-order chi connectivity index (χ1) is 15.2. The molecule has 0 radical (unpaired) electrons. The number of aryl methyl sites for hydroxylation is 1. The number of piperazine rings is 1. The molecule has 1 atom stereocenters. The fourth-order valence-electron chi connectivity index (χ4n) is 4.51. The molecule has 5 heteroatoms. The summed E-state index contributed by atoms with van der Waals surface area (Å²) in [5, 5.41) is 4.64. The van der Waals surface area contributed by atoms with E-state index in [0.717, 1.165) is 37.1 Å². The summed E-state index contributed by atoms with van der Waals surface area (Å²) < 4.78 is 2.21. The predicted octanol–water partition coefficient (Wildman–Crippen LogP) is 4.72. The van der Waals surface area contributed by atoms with Crippen LogP contribution in [0.2, 0.25) is 0 Å². The van der Waals surface area contributed by atoms with E-state index in [4.69, 9.17) is 0 Å². The van der Waals surface area contributed by atoms with Crippen LogP contribution in [0.15, 0.2) is 72.8 Å². The average Bonchev–Trinajstić information content (AvgIpc) is 3.32. The maximum atomic E-state index is 13.8. The van der Waals surface area contributed by atoms with Crippen molar-refractivity contribution >= 4 is 27.5 Å². The van der Waals surface area contributed by atoms with E-state index < -0.39 is 0 Å². The predicted molar refractivity (Wildman–Crippen MR) is 128 cm³/mol. The van der Waals surface area contributed by atoms with E-state index in [0.29, 0.717) is 6.54 Å². The summed E-state index contributed by atoms with van der Waals surface area (Å²) in [6, 6.07) is 25.3. The molecule has 4 aromatic rings. The first-order valence-electron chi connectivity index (χ1n) is 10.9. The summed E-state index contributed by atoms with van der Waals surface area (Å²) in [6.45, 7) is 5.24. The Morgan fingerprint density at radius 3 is 2.48 bits per heavy atom. The second-order valence-corrected chi connectivity index (χ2v) is 9.50. The van der Waals surface area contributed by atoms with Gasteiger partial charge < -0.3 is 14.8 Å². The third-order valence-corrected chi connectivity index (χ3v) is 7.11. The van der Waals surface area contributed by atoms with Crippen LogP contribution in [0.25, 0.3) is 10.2 Å². The summed E-state index contributed by atoms with van der Waals surface area (Å²) >= 11 is 1.77. The van der Waals surface area contributed by atoms with Gasteiger partial charge in [0.1, 0.15) is 10.5 Å². The van der Waals surface area contributed by atoms with Crippen LogP contribution in [0.3, 0.4) is 0 Å². The Labute approximate surface area is 187 Å². The second kappa shape index (κ2) is 8.69. The molecule has 5 rings (SSSR count). The zero-order chi connectivity index (χ0) is 21.2. The molecule has 0 bridgehead atoms. The van der Waals surface area contributed by atoms with Gasteiger partial charge in [-0.1, -0.05) is 60.7 Å². The lowest BCUT2D eigenvalue weighted by molar-refractivity contribution is 0.0626. The van der Waals surface area contributed by atoms with E-state index in [9.17, 15) is 4.79 Å². The Morgan fingerprint density at radius 1 is 1.03 bits per heavy atom. The van der Waals surface area contributed by atoms with Crippen molar-refractivity contribution in [3.8, 4) is 0 Å². The molecule has 4 nitrogen and oxygen atoms in total. The lowest BCUT2D eigenvalue weighted by Gasteiger charge is -2.36. The number of hydrogen-bond donors (Lipinski definition) is 1. The smallest absolute Gasteiger partial charge is 0.270 e. The maximum Gasteiger partial charge on any atom is 0.270 e. The van der Waals surface area contributed by atoms with Crippen LogP contribution in [0.4, 0.5) is 0 Å². The summed E-state index contributed by atoms with van der Waals surface area (Å²) in [4.78, 5) is 18.4. The molecule has 2 aromatic carbocycles. The Hall–Kier alpha value is -2.89. The third-order valence-electron chi connectivity index (χ3n) is 6.02. The number of nitrogens with one attached hydrogen (secondary N) is 1. The highest BCUT2D eigenvalue weighted by Gasteiger charge is 2.30. The normalized spacial score (nSPS) is 16.7. The zero-order valence-electron chi connectivity index (χ0n) is 17.8. The largest absolute Gasteiger partial charge is 0.332 e. The monoisotopic (exact) mass is 429 g/mol. The Balaban J connectivity index is 1.49. The molecule has 1 N–H and O–H groups in total. The molecule has 1 amide bonds. The number of thiophene rings is 1. The van der Waals surface area contributed by atoms with Gasteiger partial charge in [0.2, 0.25) is 0 Å². The van der Waals surface area contributed by atoms with Gasteiger partial charge in [0.25, 0.3) is 5.91 Å². The number of benzene rings is 2. The third kappa shape index (κ3) is 4.16. The highest BCUT2D eigenvalue weighted by Crippen LogP contribution is 2.30. The molecule has 0 spiro atoms. The lowest BCUT2D eigenvalue weighted by atomic mass is 10.0. The van der Waals surface area contributed by atoms with Crippen molar-refractivity contribution in [2.24, 2.45) is 0 Å². The van der Waals surface area contributed by atoms with Crippen molar-refractivity contribution in [3.05, 3.63) is 94.5 Å². The van der Waals surface area contributed by atoms with Crippen molar-refractivity contribution in [1.29, 1.82) is 0 Å². The number of nitrogens with zero attached hydrogens (tertiary/aromatic N) is 2. The van der Waals surface area contributed by atoms with Gasteiger partial charge in [-0.15, -0.1) is 11.3 Å². The zero-order valence-corrected chi connectivity index (χ0v) is 18.6. The second-order valence-electron chi connectivity index (χ2n) is 8.27. The minimum Gasteiger partial charge on any atom is -0.332 e. The van der Waals surface area contributed by atoms with Crippen molar-refractivity contribution in [1.82, 2.24) is 14.8 Å². The first kappa shape index (κ1) is 20.0. The van der Waals surface area contributed by atoms with Gasteiger partial charge in [-0.05, 0) is 36.6 Å². The molecule has 1 aliphatic rings. The molecule has 2 aromatic heterocycles. The molecule has 1 aliphatic heterocycles. The number of aromatic nitrogens is 1. The van der Waals surface area contributed by atoms with Gasteiger partial charge in [-0.2, -0.15) is 0 Å². The van der Waals surface area contributed by atoms with E-state index in [-0.39, 0.29) is 11.9 Å². The standard InChI is InChI=1S/C26H27N3OS/c1-19-14-22-16-24(29(26(22)31-19)18-21-10-6-3-7-11-21)25(30)28-13-12-27-17-23(28)15-20-8-4-2-5-9-20/h2-11,14,16,23,27H,12-13,15,17-18H2,1H3. The summed E-state index contributed by atoms with van der Waals surface area (Å²) in [7, 11) is 0. The van der Waals surface area contributed by atoms with Crippen molar-refractivity contribution in [3.63, 3.8) is 0 Å². The van der Waals surface area contributed by atoms with E-state index in [1.54, 1.807) is 11.3 Å². The number of fused-ring (bicyclic) bond motifs is 1. The molecule has 3 heterocycles. The highest BCUT2D eigenvalue weighted by atomic mass is 32.1. The molecule has 0 aliphatic carbocycles. The van der Waals surface area contributed by atoms with E-state index in [2.05, 4.69) is 82.4 Å². The van der Waals surface area contributed by atoms with Gasteiger partial charge in [0, 0.05) is 42.5 Å². The Bertz CT molecular complexity index is 1180. The van der Waals surface area contributed by atoms with E-state index in [1.165, 1.54) is 20.8 Å². The summed E-state index contributed by atoms with van der Waals surface area (Å²) in [6.07, 6.45) is 0.868. The van der Waals surface area contributed by atoms with Crippen LogP contribution < -0.4 is 5.32 Å². The minimum absolute atomic E-state index is 0.138. The summed E-state index contributed by atoms with van der Waals surface area (Å²) in [5.41, 5.74) is 3.27. The Morgan fingerprint density at radius 2 is 1.74 bits per heavy atom. The average molecular weight is 430 g/mol. The van der Waals surface area contributed by atoms with E-state index >= 15 is 0 Å². The molecular weight excluding hydrogens is 402 g/mol. The maximum absolute atomic E-state index is 13.8. The van der Waals surface area contributed by atoms with Crippen LogP contribution in [0.1, 0.15) is 26.5 Å². The van der Waals surface area contributed by atoms with Crippen LogP contribution in [-0.2, 0) is 13.0 Å². The lowest BCUT2D eigenvalue weighted by Crippen LogP contribution is -2.54. The molecule has 31 heavy (non-hydrogen) atoms. The van der Waals surface area contributed by atoms with Crippen molar-refractivity contribution in [2.75, 3.05) is 19.6 Å². The minimum atomic E-state index is 0.138. The van der Waals surface area contributed by atoms with E-state index in [1.807, 2.05) is 12.1 Å². The fourth-order valence-corrected chi connectivity index (χ4v) is 5.51. The number of amides is 1. The highest BCUT2D eigenvalue weighted by molar-refractivity contribution is 7.18. The van der Waals surface area contributed by atoms with Crippen LogP contribution in [-0.4, -0.2) is 41.1 Å². The van der Waals surface area contributed by atoms with Crippen LogP contribution in [0, 0.1) is 6.92 Å². The topological polar surface area (TPSA) is 37.3 Å². The molecule has 1 fully saturated rings. The van der Waals surface area contributed by atoms with Gasteiger partial charge in [-0.3, -0.25) is 4.79 Å². The molecule has 158 valence electrons. The van der Waals surface area contributed by atoms with Gasteiger partial charge in [0.05, 0.1) is 0 Å². The first-order valence-corrected chi connectivity index (χ1v) is 11.7. The fraction of sp³-hybridized carbons (Fsp3) is 0.269. The van der Waals surface area contributed by atoms with Gasteiger partial charge >= 0.3 is 0 Å². The van der Waals surface area contributed by atoms with Gasteiger partial charge in [0.15, 0.2) is 0 Å².